The predicted octanol–water partition coefficient (Wildman–Crippen LogP) is 4.96. The molecule has 0 saturated carbocycles. The number of hydrogen-bond acceptors (Lipinski definition) is 4. The zero-order valence-corrected chi connectivity index (χ0v) is 15.8. The van der Waals surface area contributed by atoms with Crippen molar-refractivity contribution in [3.8, 4) is 0 Å². The lowest BCUT2D eigenvalue weighted by Gasteiger charge is -2.22. The van der Waals surface area contributed by atoms with Crippen LogP contribution in [0.4, 0.5) is 13.2 Å². The van der Waals surface area contributed by atoms with Gasteiger partial charge >= 0.3 is 6.18 Å². The third-order valence-corrected chi connectivity index (χ3v) is 5.70. The molecule has 0 radical (unpaired) electrons. The van der Waals surface area contributed by atoms with E-state index in [4.69, 9.17) is 9.47 Å². The summed E-state index contributed by atoms with van der Waals surface area (Å²) in [5.41, 5.74) is 1.41. The summed E-state index contributed by atoms with van der Waals surface area (Å²) in [5, 5.41) is 0.688. The number of rotatable bonds is 5. The largest absolute Gasteiger partial charge is 0.416 e. The molecule has 1 atom stereocenters. The van der Waals surface area contributed by atoms with Gasteiger partial charge in [0.15, 0.2) is 5.16 Å². The fourth-order valence-corrected chi connectivity index (χ4v) is 4.19. The molecule has 1 saturated heterocycles. The van der Waals surface area contributed by atoms with Crippen molar-refractivity contribution in [1.82, 2.24) is 9.55 Å². The Hall–Kier alpha value is -2.03. The van der Waals surface area contributed by atoms with E-state index in [2.05, 4.69) is 4.98 Å². The Morgan fingerprint density at radius 1 is 1.14 bits per heavy atom. The van der Waals surface area contributed by atoms with Gasteiger partial charge in [-0.15, -0.1) is 0 Å². The number of halogens is 3. The van der Waals surface area contributed by atoms with Crippen LogP contribution in [0.5, 0.6) is 0 Å². The summed E-state index contributed by atoms with van der Waals surface area (Å²) < 4.78 is 52.0. The van der Waals surface area contributed by atoms with E-state index in [1.165, 1.54) is 17.8 Å². The van der Waals surface area contributed by atoms with E-state index >= 15 is 0 Å². The highest BCUT2D eigenvalue weighted by molar-refractivity contribution is 7.99. The first-order valence-corrected chi connectivity index (χ1v) is 9.93. The first-order chi connectivity index (χ1) is 13.5. The molecule has 0 amide bonds. The lowest BCUT2D eigenvalue weighted by Crippen LogP contribution is -2.25. The highest BCUT2D eigenvalue weighted by atomic mass is 32.2. The number of alkyl halides is 3. The smallest absolute Gasteiger partial charge is 0.355 e. The van der Waals surface area contributed by atoms with Crippen LogP contribution in [0.15, 0.2) is 53.7 Å². The van der Waals surface area contributed by atoms with Crippen LogP contribution in [0.1, 0.15) is 17.5 Å². The van der Waals surface area contributed by atoms with Gasteiger partial charge < -0.3 is 14.0 Å². The monoisotopic (exact) mass is 408 g/mol. The summed E-state index contributed by atoms with van der Waals surface area (Å²) in [6.07, 6.45) is -3.54. The number of thioether (sulfide) groups is 1. The Bertz CT molecular complexity index is 938. The van der Waals surface area contributed by atoms with Crippen molar-refractivity contribution in [3.63, 3.8) is 0 Å². The molecule has 1 aliphatic rings. The molecule has 0 N–H and O–H groups in total. The molecule has 0 spiro atoms. The minimum atomic E-state index is -4.39. The summed E-state index contributed by atoms with van der Waals surface area (Å²) in [7, 11) is 0. The molecule has 3 aromatic rings. The van der Waals surface area contributed by atoms with E-state index in [1.807, 2.05) is 34.9 Å². The lowest BCUT2D eigenvalue weighted by molar-refractivity contribution is -0.137. The zero-order chi connectivity index (χ0) is 19.6. The van der Waals surface area contributed by atoms with Crippen molar-refractivity contribution < 1.29 is 22.6 Å². The van der Waals surface area contributed by atoms with Gasteiger partial charge in [-0.3, -0.25) is 0 Å². The van der Waals surface area contributed by atoms with Crippen LogP contribution in [0.2, 0.25) is 0 Å². The fraction of sp³-hybridized carbons (Fsp3) is 0.350. The van der Waals surface area contributed by atoms with Crippen LogP contribution < -0.4 is 0 Å². The molecule has 0 bridgehead atoms. The number of imidazole rings is 1. The Balaban J connectivity index is 1.67. The molecule has 1 aromatic heterocycles. The van der Waals surface area contributed by atoms with Crippen molar-refractivity contribution in [1.29, 1.82) is 0 Å². The first-order valence-electron chi connectivity index (χ1n) is 8.94. The molecule has 1 aliphatic heterocycles. The quantitative estimate of drug-likeness (QED) is 0.559. The van der Waals surface area contributed by atoms with Crippen LogP contribution in [0, 0.1) is 0 Å². The molecule has 2 heterocycles. The SMILES string of the molecule is FC(F)(F)c1ccc2c(c1)nc(SC[C@@H]1CCOCO1)n2Cc1ccccc1. The second-order valence-corrected chi connectivity index (χ2v) is 7.57. The molecule has 148 valence electrons. The van der Waals surface area contributed by atoms with Crippen LogP contribution in [-0.4, -0.2) is 34.8 Å². The van der Waals surface area contributed by atoms with E-state index in [1.54, 1.807) is 0 Å². The van der Waals surface area contributed by atoms with Gasteiger partial charge in [0.2, 0.25) is 0 Å². The van der Waals surface area contributed by atoms with Gasteiger partial charge in [-0.05, 0) is 30.2 Å². The first kappa shape index (κ1) is 19.3. The summed E-state index contributed by atoms with van der Waals surface area (Å²) in [5.74, 6) is 0.674. The van der Waals surface area contributed by atoms with Crippen LogP contribution in [0.25, 0.3) is 11.0 Å². The third-order valence-electron chi connectivity index (χ3n) is 4.59. The highest BCUT2D eigenvalue weighted by Gasteiger charge is 2.31. The van der Waals surface area contributed by atoms with Crippen molar-refractivity contribution in [2.45, 2.75) is 30.4 Å². The molecule has 28 heavy (non-hydrogen) atoms. The maximum atomic E-state index is 13.1. The number of fused-ring (bicyclic) bond motifs is 1. The standard InChI is InChI=1S/C20H19F3N2O2S/c21-20(22,23)15-6-7-18-17(10-15)24-19(28-12-16-8-9-26-13-27-16)25(18)11-14-4-2-1-3-5-14/h1-7,10,16H,8-9,11-13H2/t16-/m0/s1. The molecular weight excluding hydrogens is 389 g/mol. The van der Waals surface area contributed by atoms with Crippen molar-refractivity contribution in [2.24, 2.45) is 0 Å². The summed E-state index contributed by atoms with van der Waals surface area (Å²) in [4.78, 5) is 4.51. The number of aromatic nitrogens is 2. The molecular formula is C20H19F3N2O2S. The van der Waals surface area contributed by atoms with E-state index in [0.29, 0.717) is 35.1 Å². The van der Waals surface area contributed by atoms with Gasteiger partial charge in [0, 0.05) is 5.75 Å². The topological polar surface area (TPSA) is 36.3 Å². The van der Waals surface area contributed by atoms with E-state index in [9.17, 15) is 13.2 Å². The van der Waals surface area contributed by atoms with Crippen LogP contribution in [0.3, 0.4) is 0 Å². The van der Waals surface area contributed by atoms with Gasteiger partial charge in [0.1, 0.15) is 6.79 Å². The van der Waals surface area contributed by atoms with Gasteiger partial charge in [-0.25, -0.2) is 4.98 Å². The maximum Gasteiger partial charge on any atom is 0.416 e. The summed E-state index contributed by atoms with van der Waals surface area (Å²) in [6, 6.07) is 13.5. The third kappa shape index (κ3) is 4.34. The predicted molar refractivity (Wildman–Crippen MR) is 101 cm³/mol. The van der Waals surface area contributed by atoms with Crippen LogP contribution in [-0.2, 0) is 22.2 Å². The Labute approximate surface area is 164 Å². The molecule has 0 aliphatic carbocycles. The van der Waals surface area contributed by atoms with Gasteiger partial charge in [0.25, 0.3) is 0 Å². The van der Waals surface area contributed by atoms with E-state index in [0.717, 1.165) is 24.1 Å². The molecule has 1 fully saturated rings. The molecule has 4 rings (SSSR count). The Kier molecular flexibility index (Phi) is 5.61. The van der Waals surface area contributed by atoms with Gasteiger partial charge in [0.05, 0.1) is 35.9 Å². The normalized spacial score (nSPS) is 17.9. The molecule has 8 heteroatoms. The summed E-state index contributed by atoms with van der Waals surface area (Å²) >= 11 is 1.50. The Morgan fingerprint density at radius 3 is 2.68 bits per heavy atom. The van der Waals surface area contributed by atoms with E-state index < -0.39 is 11.7 Å². The molecule has 4 nitrogen and oxygen atoms in total. The molecule has 2 aromatic carbocycles. The van der Waals surface area contributed by atoms with Crippen molar-refractivity contribution >= 4 is 22.8 Å². The fourth-order valence-electron chi connectivity index (χ4n) is 3.11. The zero-order valence-electron chi connectivity index (χ0n) is 15.0. The summed E-state index contributed by atoms with van der Waals surface area (Å²) in [6.45, 7) is 1.47. The lowest BCUT2D eigenvalue weighted by atomic mass is 10.2. The van der Waals surface area contributed by atoms with Crippen molar-refractivity contribution in [2.75, 3.05) is 19.2 Å². The van der Waals surface area contributed by atoms with Gasteiger partial charge in [-0.1, -0.05) is 42.1 Å². The number of hydrogen-bond donors (Lipinski definition) is 0. The van der Waals surface area contributed by atoms with Crippen molar-refractivity contribution in [3.05, 3.63) is 59.7 Å². The Morgan fingerprint density at radius 2 is 1.96 bits per heavy atom. The van der Waals surface area contributed by atoms with Crippen LogP contribution >= 0.6 is 11.8 Å². The average molecular weight is 408 g/mol. The average Bonchev–Trinajstić information content (AvgIpc) is 3.04. The maximum absolute atomic E-state index is 13.1. The van der Waals surface area contributed by atoms with E-state index in [-0.39, 0.29) is 12.9 Å². The minimum Gasteiger partial charge on any atom is -0.355 e. The number of benzene rings is 2. The number of nitrogens with zero attached hydrogens (tertiary/aromatic N) is 2. The second-order valence-electron chi connectivity index (χ2n) is 6.58. The minimum absolute atomic E-state index is 0.0504. The highest BCUT2D eigenvalue weighted by Crippen LogP contribution is 2.33. The van der Waals surface area contributed by atoms with Gasteiger partial charge in [-0.2, -0.15) is 13.2 Å². The molecule has 0 unspecified atom stereocenters. The number of ether oxygens (including phenoxy) is 2. The second kappa shape index (κ2) is 8.14.